The van der Waals surface area contributed by atoms with Gasteiger partial charge in [-0.2, -0.15) is 13.9 Å². The van der Waals surface area contributed by atoms with Crippen LogP contribution in [0.15, 0.2) is 35.7 Å². The molecule has 0 amide bonds. The number of carboxylic acids is 2. The van der Waals surface area contributed by atoms with E-state index in [1.807, 2.05) is 25.3 Å². The van der Waals surface area contributed by atoms with Gasteiger partial charge in [0.1, 0.15) is 19.3 Å². The summed E-state index contributed by atoms with van der Waals surface area (Å²) in [6.45, 7) is 3.51. The molecule has 1 spiro atoms. The molecule has 3 aromatic rings. The molecule has 2 aliphatic heterocycles. The summed E-state index contributed by atoms with van der Waals surface area (Å²) in [7, 11) is 1.49. The highest BCUT2D eigenvalue weighted by atomic mass is 35.5. The Balaban J connectivity index is 0.000000382. The van der Waals surface area contributed by atoms with E-state index in [2.05, 4.69) is 20.1 Å². The number of carbonyl (C=O) groups is 2. The number of fused-ring (bicyclic) bond motifs is 2. The van der Waals surface area contributed by atoms with E-state index in [0.717, 1.165) is 29.9 Å². The van der Waals surface area contributed by atoms with Crippen molar-refractivity contribution in [3.63, 3.8) is 0 Å². The third kappa shape index (κ3) is 7.22. The SMILES string of the molecule is CON=Cc1cccnc1-n1cc(CN2CCC3(CC2)OCC(F)(F)c2cc(Cl)sc23)c(C)n1.O=C(O)[C@H](O)[C@@H](O)C(=O)O. The van der Waals surface area contributed by atoms with Gasteiger partial charge in [-0.05, 0) is 38.0 Å². The lowest BCUT2D eigenvalue weighted by molar-refractivity contribution is -0.182. The minimum Gasteiger partial charge on any atom is -0.479 e. The Labute approximate surface area is 258 Å². The Kier molecular flexibility index (Phi) is 10.3. The molecule has 1 saturated heterocycles. The predicted molar refractivity (Wildman–Crippen MR) is 153 cm³/mol. The Morgan fingerprint density at radius 3 is 2.52 bits per heavy atom. The monoisotopic (exact) mass is 657 g/mol. The zero-order valence-corrected chi connectivity index (χ0v) is 25.1. The highest BCUT2D eigenvalue weighted by Crippen LogP contribution is 2.52. The minimum atomic E-state index is -2.99. The molecule has 17 heteroatoms. The van der Waals surface area contributed by atoms with Crippen LogP contribution < -0.4 is 0 Å². The van der Waals surface area contributed by atoms with Crippen molar-refractivity contribution in [1.29, 1.82) is 0 Å². The second-order valence-corrected chi connectivity index (χ2v) is 11.8. The molecule has 0 aromatic carbocycles. The number of aromatic nitrogens is 3. The van der Waals surface area contributed by atoms with Gasteiger partial charge in [0.25, 0.3) is 5.92 Å². The van der Waals surface area contributed by atoms with Crippen molar-refractivity contribution in [2.45, 2.75) is 50.0 Å². The maximum atomic E-state index is 14.4. The number of aliphatic hydroxyl groups excluding tert-OH is 2. The van der Waals surface area contributed by atoms with E-state index in [-0.39, 0.29) is 5.56 Å². The van der Waals surface area contributed by atoms with Crippen LogP contribution in [0.4, 0.5) is 8.78 Å². The second kappa shape index (κ2) is 13.6. The van der Waals surface area contributed by atoms with Crippen LogP contribution in [0.1, 0.15) is 40.1 Å². The van der Waals surface area contributed by atoms with E-state index in [9.17, 15) is 18.4 Å². The lowest BCUT2D eigenvalue weighted by atomic mass is 9.84. The summed E-state index contributed by atoms with van der Waals surface area (Å²) < 4.78 is 36.7. The summed E-state index contributed by atoms with van der Waals surface area (Å²) in [6.07, 6.45) is 2.02. The number of piperidine rings is 1. The van der Waals surface area contributed by atoms with Gasteiger partial charge in [0.15, 0.2) is 18.0 Å². The van der Waals surface area contributed by atoms with Gasteiger partial charge in [0.2, 0.25) is 0 Å². The fourth-order valence-corrected chi connectivity index (χ4v) is 6.35. The van der Waals surface area contributed by atoms with Crippen molar-refractivity contribution < 1.29 is 48.4 Å². The molecule has 3 aromatic heterocycles. The molecule has 0 unspecified atom stereocenters. The second-order valence-electron chi connectivity index (χ2n) is 10.1. The highest BCUT2D eigenvalue weighted by molar-refractivity contribution is 7.16. The maximum Gasteiger partial charge on any atom is 0.335 e. The molecule has 5 heterocycles. The number of thiophene rings is 1. The number of hydrogen-bond donors (Lipinski definition) is 4. The van der Waals surface area contributed by atoms with Crippen LogP contribution in [0.3, 0.4) is 0 Å². The van der Waals surface area contributed by atoms with E-state index < -0.39 is 42.3 Å². The molecule has 0 aliphatic carbocycles. The third-order valence-electron chi connectivity index (χ3n) is 7.23. The third-order valence-corrected chi connectivity index (χ3v) is 8.68. The fraction of sp³-hybridized carbons (Fsp3) is 0.444. The number of likely N-dealkylation sites (tertiary alicyclic amines) is 1. The molecule has 2 aliphatic rings. The molecule has 238 valence electrons. The number of aryl methyl sites for hydroxylation is 1. The Morgan fingerprint density at radius 2 is 1.91 bits per heavy atom. The smallest absolute Gasteiger partial charge is 0.335 e. The first-order valence-electron chi connectivity index (χ1n) is 13.2. The van der Waals surface area contributed by atoms with E-state index >= 15 is 0 Å². The number of alkyl halides is 2. The standard InChI is InChI=1S/C23H24ClF2N5O2S.C4H6O6/c1-15-17(13-31(29-15)21-16(11-28-32-2)4-3-7-27-21)12-30-8-5-22(6-9-30)20-18(10-19(24)34-20)23(25,26)14-33-22;5-1(3(7)8)2(6)4(9)10/h3-4,7,10-11,13H,5-6,8-9,12,14H2,1-2H3;1-2,5-6H,(H,7,8)(H,9,10)/t;1-,2-/m.1/s1. The molecule has 5 rings (SSSR count). The van der Waals surface area contributed by atoms with Crippen LogP contribution in [0.25, 0.3) is 5.82 Å². The van der Waals surface area contributed by atoms with E-state index in [1.54, 1.807) is 17.1 Å². The number of oxime groups is 1. The van der Waals surface area contributed by atoms with Crippen LogP contribution in [0, 0.1) is 6.92 Å². The first-order chi connectivity index (χ1) is 20.8. The summed E-state index contributed by atoms with van der Waals surface area (Å²) in [5.74, 6) is -5.87. The van der Waals surface area contributed by atoms with Gasteiger partial charge in [-0.3, -0.25) is 4.90 Å². The van der Waals surface area contributed by atoms with Crippen molar-refractivity contribution in [3.8, 4) is 5.82 Å². The Bertz CT molecular complexity index is 1510. The number of ether oxygens (including phenoxy) is 1. The van der Waals surface area contributed by atoms with Gasteiger partial charge in [-0.15, -0.1) is 11.3 Å². The quantitative estimate of drug-likeness (QED) is 0.207. The first-order valence-corrected chi connectivity index (χ1v) is 14.4. The van der Waals surface area contributed by atoms with Crippen molar-refractivity contribution >= 4 is 41.1 Å². The predicted octanol–water partition coefficient (Wildman–Crippen LogP) is 2.76. The van der Waals surface area contributed by atoms with Crippen molar-refractivity contribution in [2.24, 2.45) is 5.16 Å². The van der Waals surface area contributed by atoms with Crippen molar-refractivity contribution in [3.05, 3.63) is 62.2 Å². The number of nitrogens with zero attached hydrogens (tertiary/aromatic N) is 5. The van der Waals surface area contributed by atoms with Gasteiger partial charge in [0.05, 0.1) is 16.2 Å². The van der Waals surface area contributed by atoms with Crippen molar-refractivity contribution in [1.82, 2.24) is 19.7 Å². The fourth-order valence-electron chi connectivity index (χ4n) is 4.87. The number of pyridine rings is 1. The van der Waals surface area contributed by atoms with Gasteiger partial charge < -0.3 is 30.0 Å². The Hall–Kier alpha value is -3.54. The van der Waals surface area contributed by atoms with Crippen LogP contribution in [-0.2, 0) is 37.2 Å². The van der Waals surface area contributed by atoms with E-state index in [1.165, 1.54) is 24.5 Å². The zero-order chi connectivity index (χ0) is 32.2. The lowest BCUT2D eigenvalue weighted by Gasteiger charge is -2.45. The molecular formula is C27H30ClF2N5O8S. The summed E-state index contributed by atoms with van der Waals surface area (Å²) in [4.78, 5) is 31.7. The minimum absolute atomic E-state index is 0.0301. The molecule has 0 bridgehead atoms. The number of carboxylic acid groups (broad SMARTS) is 2. The topological polar surface area (TPSA) is 180 Å². The molecular weight excluding hydrogens is 628 g/mol. The molecule has 2 atom stereocenters. The number of halogens is 3. The zero-order valence-electron chi connectivity index (χ0n) is 23.6. The largest absolute Gasteiger partial charge is 0.479 e. The van der Waals surface area contributed by atoms with Gasteiger partial charge in [0, 0.05) is 53.6 Å². The molecule has 13 nitrogen and oxygen atoms in total. The average molecular weight is 658 g/mol. The maximum absolute atomic E-state index is 14.4. The average Bonchev–Trinajstić information content (AvgIpc) is 3.58. The Morgan fingerprint density at radius 1 is 1.25 bits per heavy atom. The lowest BCUT2D eigenvalue weighted by Crippen LogP contribution is -2.48. The summed E-state index contributed by atoms with van der Waals surface area (Å²) in [6, 6.07) is 5.13. The highest BCUT2D eigenvalue weighted by Gasteiger charge is 2.51. The van der Waals surface area contributed by atoms with E-state index in [0.29, 0.717) is 34.4 Å². The molecule has 0 radical (unpaired) electrons. The van der Waals surface area contributed by atoms with Gasteiger partial charge in [-0.1, -0.05) is 16.8 Å². The van der Waals surface area contributed by atoms with Crippen LogP contribution in [0.2, 0.25) is 4.34 Å². The summed E-state index contributed by atoms with van der Waals surface area (Å²) >= 11 is 7.33. The van der Waals surface area contributed by atoms with Crippen LogP contribution in [0.5, 0.6) is 0 Å². The van der Waals surface area contributed by atoms with E-state index in [4.69, 9.17) is 41.6 Å². The first kappa shape index (κ1) is 33.4. The summed E-state index contributed by atoms with van der Waals surface area (Å²) in [5, 5.41) is 41.0. The normalized spacial score (nSPS) is 18.7. The molecule has 0 saturated carbocycles. The number of rotatable bonds is 8. The number of aliphatic carboxylic acids is 2. The van der Waals surface area contributed by atoms with Crippen LogP contribution in [-0.4, -0.2) is 97.3 Å². The molecule has 4 N–H and O–H groups in total. The number of hydrogen-bond acceptors (Lipinski definition) is 11. The van der Waals surface area contributed by atoms with Crippen LogP contribution >= 0.6 is 22.9 Å². The summed E-state index contributed by atoms with van der Waals surface area (Å²) in [5.41, 5.74) is 2.11. The van der Waals surface area contributed by atoms with Gasteiger partial charge in [-0.25, -0.2) is 19.3 Å². The molecule has 1 fully saturated rings. The number of aliphatic hydroxyl groups is 2. The van der Waals surface area contributed by atoms with Gasteiger partial charge >= 0.3 is 11.9 Å². The van der Waals surface area contributed by atoms with Crippen molar-refractivity contribution in [2.75, 3.05) is 26.8 Å². The molecule has 44 heavy (non-hydrogen) atoms.